The number of fused-ring (bicyclic) bond motifs is 5. The first-order valence-corrected chi connectivity index (χ1v) is 15.0. The summed E-state index contributed by atoms with van der Waals surface area (Å²) in [6.07, 6.45) is -0.366. The van der Waals surface area contributed by atoms with E-state index in [1.165, 1.54) is 0 Å². The molecular formula is C35H42N4O4. The van der Waals surface area contributed by atoms with Crippen molar-refractivity contribution in [3.05, 3.63) is 95.7 Å². The van der Waals surface area contributed by atoms with Gasteiger partial charge in [0.15, 0.2) is 0 Å². The van der Waals surface area contributed by atoms with Crippen LogP contribution in [0.2, 0.25) is 0 Å². The van der Waals surface area contributed by atoms with Gasteiger partial charge in [-0.05, 0) is 36.6 Å². The van der Waals surface area contributed by atoms with Crippen molar-refractivity contribution in [1.29, 1.82) is 0 Å². The maximum atomic E-state index is 14.5. The fourth-order valence-corrected chi connectivity index (χ4v) is 6.00. The van der Waals surface area contributed by atoms with Crippen LogP contribution in [-0.2, 0) is 18.4 Å². The second-order valence-corrected chi connectivity index (χ2v) is 11.7. The number of hydrogen-bond donors (Lipinski definition) is 2. The van der Waals surface area contributed by atoms with Gasteiger partial charge in [0.1, 0.15) is 5.69 Å². The number of aliphatic hydroxyl groups is 1. The fraction of sp³-hybridized carbons (Fsp3) is 0.371. The summed E-state index contributed by atoms with van der Waals surface area (Å²) in [6, 6.07) is 25.2. The number of aliphatic hydroxyl groups excluding tert-OH is 1. The van der Waals surface area contributed by atoms with Crippen LogP contribution >= 0.6 is 0 Å². The number of carbonyl (C=O) groups excluding carboxylic acids is 2. The molecule has 1 aliphatic rings. The number of amides is 3. The van der Waals surface area contributed by atoms with Gasteiger partial charge in [0.05, 0.1) is 31.4 Å². The summed E-state index contributed by atoms with van der Waals surface area (Å²) in [5, 5.41) is 14.3. The lowest BCUT2D eigenvalue weighted by Crippen LogP contribution is -2.49. The molecule has 0 saturated carbocycles. The van der Waals surface area contributed by atoms with Gasteiger partial charge >= 0.3 is 6.03 Å². The van der Waals surface area contributed by atoms with E-state index in [2.05, 4.69) is 5.32 Å². The van der Waals surface area contributed by atoms with Gasteiger partial charge in [0.25, 0.3) is 5.91 Å². The Kier molecular flexibility index (Phi) is 9.18. The molecule has 43 heavy (non-hydrogen) atoms. The van der Waals surface area contributed by atoms with Crippen LogP contribution in [0.1, 0.15) is 48.4 Å². The number of rotatable bonds is 6. The minimum Gasteiger partial charge on any atom is -0.394 e. The standard InChI is InChI=1S/C35H42N4O4/c1-23-19-39(24(2)21-40)34(41)33-32(29-17-11-12-18-30(29)38(33)5)28-16-10-9-15-27(28)22-43-31(23)20-37(4)35(42)36-25(3)26-13-7-6-8-14-26/h6-18,23-25,31,40H,19-22H2,1-5H3,(H,36,42)/t23-,24-,25+,31+/m0/s1. The van der Waals surface area contributed by atoms with E-state index >= 15 is 0 Å². The zero-order chi connectivity index (χ0) is 30.7. The van der Waals surface area contributed by atoms with Crippen LogP contribution in [-0.4, -0.2) is 70.3 Å². The number of para-hydroxylation sites is 1. The Morgan fingerprint density at radius 1 is 1.05 bits per heavy atom. The number of carbonyl (C=O) groups is 2. The van der Waals surface area contributed by atoms with Gasteiger partial charge in [-0.15, -0.1) is 0 Å². The highest BCUT2D eigenvalue weighted by molar-refractivity contribution is 6.10. The first-order chi connectivity index (χ1) is 20.7. The molecule has 1 aliphatic heterocycles. The average Bonchev–Trinajstić information content (AvgIpc) is 3.32. The van der Waals surface area contributed by atoms with Crippen LogP contribution < -0.4 is 5.32 Å². The Morgan fingerprint density at radius 2 is 1.72 bits per heavy atom. The van der Waals surface area contributed by atoms with E-state index in [4.69, 9.17) is 4.74 Å². The largest absolute Gasteiger partial charge is 0.394 e. The van der Waals surface area contributed by atoms with Gasteiger partial charge in [0.2, 0.25) is 0 Å². The molecule has 2 heterocycles. The minimum atomic E-state index is -0.412. The summed E-state index contributed by atoms with van der Waals surface area (Å²) in [5.41, 5.74) is 5.36. The van der Waals surface area contributed by atoms with Crippen LogP contribution in [0.25, 0.3) is 22.0 Å². The molecule has 3 aromatic carbocycles. The highest BCUT2D eigenvalue weighted by Crippen LogP contribution is 2.38. The molecule has 3 amide bonds. The predicted octanol–water partition coefficient (Wildman–Crippen LogP) is 5.61. The molecule has 0 saturated heterocycles. The highest BCUT2D eigenvalue weighted by Gasteiger charge is 2.34. The summed E-state index contributed by atoms with van der Waals surface area (Å²) in [6.45, 7) is 6.72. The molecule has 8 nitrogen and oxygen atoms in total. The van der Waals surface area contributed by atoms with Crippen molar-refractivity contribution < 1.29 is 19.4 Å². The number of hydrogen-bond acceptors (Lipinski definition) is 4. The summed E-state index contributed by atoms with van der Waals surface area (Å²) in [5.74, 6) is -0.275. The van der Waals surface area contributed by atoms with E-state index < -0.39 is 6.04 Å². The highest BCUT2D eigenvalue weighted by atomic mass is 16.5. The lowest BCUT2D eigenvalue weighted by atomic mass is 9.96. The SMILES string of the molecule is C[C@@H](NC(=O)N(C)C[C@H]1OCc2ccccc2-c2c(n(C)c3ccccc23)C(=O)N([C@@H](C)CO)C[C@@H]1C)c1ccccc1. The maximum absolute atomic E-state index is 14.5. The lowest BCUT2D eigenvalue weighted by molar-refractivity contribution is -0.0186. The molecule has 0 aliphatic carbocycles. The van der Waals surface area contributed by atoms with Crippen LogP contribution in [0.15, 0.2) is 78.9 Å². The van der Waals surface area contributed by atoms with Crippen molar-refractivity contribution in [2.75, 3.05) is 26.7 Å². The average molecular weight is 583 g/mol. The molecule has 226 valence electrons. The normalized spacial score (nSPS) is 18.7. The van der Waals surface area contributed by atoms with E-state index in [1.807, 2.05) is 111 Å². The van der Waals surface area contributed by atoms with Gasteiger partial charge in [0, 0.05) is 49.6 Å². The number of likely N-dealkylation sites (N-methyl/N-ethyl adjacent to an activating group) is 1. The maximum Gasteiger partial charge on any atom is 0.317 e. The fourth-order valence-electron chi connectivity index (χ4n) is 6.00. The molecule has 1 aromatic heterocycles. The zero-order valence-corrected chi connectivity index (χ0v) is 25.7. The third-order valence-electron chi connectivity index (χ3n) is 8.67. The van der Waals surface area contributed by atoms with Crippen LogP contribution in [0.3, 0.4) is 0 Å². The summed E-state index contributed by atoms with van der Waals surface area (Å²) < 4.78 is 8.59. The number of aromatic nitrogens is 1. The first-order valence-electron chi connectivity index (χ1n) is 15.0. The predicted molar refractivity (Wildman–Crippen MR) is 170 cm³/mol. The smallest absolute Gasteiger partial charge is 0.317 e. The van der Waals surface area contributed by atoms with Gasteiger partial charge in [-0.3, -0.25) is 4.79 Å². The summed E-state index contributed by atoms with van der Waals surface area (Å²) >= 11 is 0. The van der Waals surface area contributed by atoms with Crippen molar-refractivity contribution in [2.45, 2.75) is 45.6 Å². The second kappa shape index (κ2) is 13.0. The number of ether oxygens (including phenoxy) is 1. The molecule has 5 rings (SSSR count). The number of nitrogens with zero attached hydrogens (tertiary/aromatic N) is 3. The van der Waals surface area contributed by atoms with Crippen LogP contribution in [0.5, 0.6) is 0 Å². The molecule has 0 fully saturated rings. The van der Waals surface area contributed by atoms with Crippen molar-refractivity contribution in [3.8, 4) is 11.1 Å². The quantitative estimate of drug-likeness (QED) is 0.310. The zero-order valence-electron chi connectivity index (χ0n) is 25.7. The topological polar surface area (TPSA) is 87.0 Å². The van der Waals surface area contributed by atoms with E-state index in [0.717, 1.165) is 33.2 Å². The number of urea groups is 1. The summed E-state index contributed by atoms with van der Waals surface area (Å²) in [4.78, 5) is 31.1. The van der Waals surface area contributed by atoms with Gasteiger partial charge in [-0.25, -0.2) is 4.79 Å². The Hall–Kier alpha value is -4.14. The lowest BCUT2D eigenvalue weighted by Gasteiger charge is -2.35. The monoisotopic (exact) mass is 582 g/mol. The third kappa shape index (κ3) is 6.17. The molecule has 0 radical (unpaired) electrons. The van der Waals surface area contributed by atoms with Crippen LogP contribution in [0, 0.1) is 5.92 Å². The van der Waals surface area contributed by atoms with Gasteiger partial charge in [-0.1, -0.05) is 79.7 Å². The van der Waals surface area contributed by atoms with E-state index in [9.17, 15) is 14.7 Å². The Morgan fingerprint density at radius 3 is 2.47 bits per heavy atom. The number of aryl methyl sites for hydroxylation is 1. The molecule has 2 N–H and O–H groups in total. The molecule has 0 unspecified atom stereocenters. The van der Waals surface area contributed by atoms with Crippen molar-refractivity contribution in [1.82, 2.24) is 19.7 Å². The van der Waals surface area contributed by atoms with E-state index in [0.29, 0.717) is 25.4 Å². The minimum absolute atomic E-state index is 0.136. The van der Waals surface area contributed by atoms with Crippen LogP contribution in [0.4, 0.5) is 4.79 Å². The molecule has 0 spiro atoms. The van der Waals surface area contributed by atoms with Gasteiger partial charge < -0.3 is 29.5 Å². The molecule has 8 heteroatoms. The number of benzene rings is 3. The molecule has 4 aromatic rings. The third-order valence-corrected chi connectivity index (χ3v) is 8.67. The number of nitrogens with one attached hydrogen (secondary N) is 1. The molecular weight excluding hydrogens is 540 g/mol. The van der Waals surface area contributed by atoms with Crippen molar-refractivity contribution in [2.24, 2.45) is 13.0 Å². The molecule has 0 bridgehead atoms. The van der Waals surface area contributed by atoms with Gasteiger partial charge in [-0.2, -0.15) is 0 Å². The Bertz CT molecular complexity index is 1580. The second-order valence-electron chi connectivity index (χ2n) is 11.7. The van der Waals surface area contributed by atoms with Crippen molar-refractivity contribution >= 4 is 22.8 Å². The van der Waals surface area contributed by atoms with Crippen molar-refractivity contribution in [3.63, 3.8) is 0 Å². The molecule has 4 atom stereocenters. The first kappa shape index (κ1) is 30.3. The Balaban J connectivity index is 1.50. The Labute approximate surface area is 253 Å². The van der Waals surface area contributed by atoms with E-state index in [1.54, 1.807) is 16.8 Å². The van der Waals surface area contributed by atoms with E-state index in [-0.39, 0.29) is 36.6 Å². The summed E-state index contributed by atoms with van der Waals surface area (Å²) in [7, 11) is 3.69.